The minimum absolute atomic E-state index is 0.0948. The molecule has 0 fully saturated rings. The van der Waals surface area contributed by atoms with Crippen LogP contribution in [0.25, 0.3) is 11.3 Å². The van der Waals surface area contributed by atoms with Crippen molar-refractivity contribution in [1.82, 2.24) is 4.90 Å². The molecule has 2 aromatic rings. The summed E-state index contributed by atoms with van der Waals surface area (Å²) in [6, 6.07) is 6.70. The van der Waals surface area contributed by atoms with Crippen molar-refractivity contribution >= 4 is 5.97 Å². The monoisotopic (exact) mass is 309 g/mol. The number of carboxylic acid groups (broad SMARTS) is 1. The molecule has 4 nitrogen and oxygen atoms in total. The largest absolute Gasteiger partial charge is 0.480 e. The average molecular weight is 309 g/mol. The first-order valence-corrected chi connectivity index (χ1v) is 6.98. The first kappa shape index (κ1) is 16.2. The number of rotatable bonds is 7. The second-order valence-corrected chi connectivity index (χ2v) is 4.97. The van der Waals surface area contributed by atoms with Gasteiger partial charge in [0, 0.05) is 0 Å². The molecule has 0 bridgehead atoms. The number of furan rings is 1. The lowest BCUT2D eigenvalue weighted by atomic mass is 10.1. The molecular weight excluding hydrogens is 292 g/mol. The normalized spacial score (nSPS) is 11.1. The Morgan fingerprint density at radius 1 is 1.23 bits per heavy atom. The Morgan fingerprint density at radius 3 is 2.50 bits per heavy atom. The molecule has 0 saturated carbocycles. The Morgan fingerprint density at radius 2 is 1.91 bits per heavy atom. The third-order valence-electron chi connectivity index (χ3n) is 3.15. The van der Waals surface area contributed by atoms with E-state index in [0.29, 0.717) is 12.3 Å². The van der Waals surface area contributed by atoms with Gasteiger partial charge in [0.25, 0.3) is 0 Å². The van der Waals surface area contributed by atoms with Crippen LogP contribution in [-0.2, 0) is 11.3 Å². The number of hydrogen-bond acceptors (Lipinski definition) is 3. The van der Waals surface area contributed by atoms with Gasteiger partial charge >= 0.3 is 5.97 Å². The first-order chi connectivity index (χ1) is 10.5. The van der Waals surface area contributed by atoms with Crippen LogP contribution < -0.4 is 0 Å². The van der Waals surface area contributed by atoms with E-state index in [4.69, 9.17) is 9.52 Å². The maximum Gasteiger partial charge on any atom is 0.317 e. The summed E-state index contributed by atoms with van der Waals surface area (Å²) in [6.07, 6.45) is 0.794. The van der Waals surface area contributed by atoms with E-state index in [0.717, 1.165) is 18.6 Å². The highest BCUT2D eigenvalue weighted by molar-refractivity contribution is 5.69. The molecule has 1 heterocycles. The van der Waals surface area contributed by atoms with Crippen LogP contribution in [0.1, 0.15) is 19.1 Å². The van der Waals surface area contributed by atoms with E-state index < -0.39 is 17.6 Å². The molecular formula is C16H17F2NO3. The summed E-state index contributed by atoms with van der Waals surface area (Å²) in [6.45, 7) is 2.70. The van der Waals surface area contributed by atoms with Crippen molar-refractivity contribution in [3.8, 4) is 11.3 Å². The van der Waals surface area contributed by atoms with Crippen molar-refractivity contribution in [3.05, 3.63) is 47.7 Å². The van der Waals surface area contributed by atoms with Crippen LogP contribution in [0.15, 0.2) is 34.7 Å². The first-order valence-electron chi connectivity index (χ1n) is 6.98. The van der Waals surface area contributed by atoms with Crippen LogP contribution in [0.4, 0.5) is 8.78 Å². The van der Waals surface area contributed by atoms with E-state index in [1.165, 1.54) is 12.1 Å². The lowest BCUT2D eigenvalue weighted by Gasteiger charge is -2.17. The lowest BCUT2D eigenvalue weighted by molar-refractivity contribution is -0.138. The Hall–Kier alpha value is -2.21. The van der Waals surface area contributed by atoms with E-state index in [1.807, 2.05) is 6.92 Å². The fourth-order valence-electron chi connectivity index (χ4n) is 2.27. The smallest absolute Gasteiger partial charge is 0.317 e. The van der Waals surface area contributed by atoms with Gasteiger partial charge < -0.3 is 9.52 Å². The van der Waals surface area contributed by atoms with Gasteiger partial charge in [-0.05, 0) is 37.2 Å². The van der Waals surface area contributed by atoms with Gasteiger partial charge in [0.1, 0.15) is 23.2 Å². The third-order valence-corrected chi connectivity index (χ3v) is 3.15. The molecule has 6 heteroatoms. The Balaban J connectivity index is 2.18. The number of benzene rings is 1. The number of halogens is 2. The van der Waals surface area contributed by atoms with Crippen molar-refractivity contribution in [1.29, 1.82) is 0 Å². The average Bonchev–Trinajstić information content (AvgIpc) is 2.86. The number of aliphatic carboxylic acids is 1. The molecule has 0 atom stereocenters. The zero-order chi connectivity index (χ0) is 16.1. The zero-order valence-corrected chi connectivity index (χ0v) is 12.2. The maximum atomic E-state index is 13.7. The van der Waals surface area contributed by atoms with Crippen LogP contribution in [0.5, 0.6) is 0 Å². The fraction of sp³-hybridized carbons (Fsp3) is 0.312. The van der Waals surface area contributed by atoms with Crippen LogP contribution >= 0.6 is 0 Å². The molecule has 2 rings (SSSR count). The Labute approximate surface area is 127 Å². The summed E-state index contributed by atoms with van der Waals surface area (Å²) in [4.78, 5) is 12.5. The molecule has 1 N–H and O–H groups in total. The standard InChI is InChI=1S/C16H17F2NO3/c1-2-8-19(10-15(20)21)9-11-6-7-14(22-11)16-12(17)4-3-5-13(16)18/h3-7H,2,8-10H2,1H3,(H,20,21). The molecule has 0 aliphatic heterocycles. The van der Waals surface area contributed by atoms with Gasteiger partial charge in [-0.2, -0.15) is 0 Å². The van der Waals surface area contributed by atoms with Gasteiger partial charge in [0.05, 0.1) is 18.7 Å². The molecule has 0 radical (unpaired) electrons. The molecule has 0 unspecified atom stereocenters. The van der Waals surface area contributed by atoms with Gasteiger partial charge in [-0.15, -0.1) is 0 Å². The second kappa shape index (κ2) is 7.17. The fourth-order valence-corrected chi connectivity index (χ4v) is 2.27. The predicted molar refractivity (Wildman–Crippen MR) is 77.3 cm³/mol. The summed E-state index contributed by atoms with van der Waals surface area (Å²) in [7, 11) is 0. The highest BCUT2D eigenvalue weighted by atomic mass is 19.1. The minimum atomic E-state index is -0.930. The molecule has 0 aliphatic rings. The van der Waals surface area contributed by atoms with Crippen molar-refractivity contribution < 1.29 is 23.1 Å². The van der Waals surface area contributed by atoms with Crippen molar-refractivity contribution in [2.75, 3.05) is 13.1 Å². The molecule has 118 valence electrons. The zero-order valence-electron chi connectivity index (χ0n) is 12.2. The van der Waals surface area contributed by atoms with E-state index in [1.54, 1.807) is 11.0 Å². The summed E-state index contributed by atoms with van der Waals surface area (Å²) in [5, 5.41) is 8.87. The van der Waals surface area contributed by atoms with Gasteiger partial charge in [-0.3, -0.25) is 9.69 Å². The van der Waals surface area contributed by atoms with E-state index in [2.05, 4.69) is 0 Å². The van der Waals surface area contributed by atoms with E-state index in [-0.39, 0.29) is 24.4 Å². The molecule has 0 saturated heterocycles. The number of nitrogens with zero attached hydrogens (tertiary/aromatic N) is 1. The van der Waals surface area contributed by atoms with Crippen molar-refractivity contribution in [2.24, 2.45) is 0 Å². The van der Waals surface area contributed by atoms with Crippen LogP contribution in [-0.4, -0.2) is 29.1 Å². The van der Waals surface area contributed by atoms with E-state index >= 15 is 0 Å². The van der Waals surface area contributed by atoms with Gasteiger partial charge in [0.15, 0.2) is 0 Å². The number of carbonyl (C=O) groups is 1. The summed E-state index contributed by atoms with van der Waals surface area (Å²) in [5.41, 5.74) is -0.214. The minimum Gasteiger partial charge on any atom is -0.480 e. The third kappa shape index (κ3) is 3.92. The highest BCUT2D eigenvalue weighted by Crippen LogP contribution is 2.28. The Kier molecular flexibility index (Phi) is 5.27. The van der Waals surface area contributed by atoms with Crippen LogP contribution in [0.3, 0.4) is 0 Å². The van der Waals surface area contributed by atoms with Crippen molar-refractivity contribution in [2.45, 2.75) is 19.9 Å². The van der Waals surface area contributed by atoms with Gasteiger partial charge in [0.2, 0.25) is 0 Å². The highest BCUT2D eigenvalue weighted by Gasteiger charge is 2.16. The molecule has 1 aromatic carbocycles. The van der Waals surface area contributed by atoms with Crippen LogP contribution in [0.2, 0.25) is 0 Å². The topological polar surface area (TPSA) is 53.7 Å². The van der Waals surface area contributed by atoms with Crippen molar-refractivity contribution in [3.63, 3.8) is 0 Å². The second-order valence-electron chi connectivity index (χ2n) is 4.97. The van der Waals surface area contributed by atoms with Gasteiger partial charge in [-0.25, -0.2) is 8.78 Å². The number of hydrogen-bond donors (Lipinski definition) is 1. The predicted octanol–water partition coefficient (Wildman–Crippen LogP) is 3.52. The lowest BCUT2D eigenvalue weighted by Crippen LogP contribution is -2.29. The molecule has 1 aromatic heterocycles. The molecule has 0 aliphatic carbocycles. The summed E-state index contributed by atoms with van der Waals surface area (Å²) < 4.78 is 32.9. The quantitative estimate of drug-likeness (QED) is 0.850. The molecule has 22 heavy (non-hydrogen) atoms. The van der Waals surface area contributed by atoms with E-state index in [9.17, 15) is 13.6 Å². The number of carboxylic acids is 1. The summed E-state index contributed by atoms with van der Waals surface area (Å²) >= 11 is 0. The molecule has 0 amide bonds. The Bertz CT molecular complexity index is 634. The summed E-state index contributed by atoms with van der Waals surface area (Å²) in [5.74, 6) is -1.76. The maximum absolute atomic E-state index is 13.7. The van der Waals surface area contributed by atoms with Crippen LogP contribution in [0, 0.1) is 11.6 Å². The van der Waals surface area contributed by atoms with Gasteiger partial charge in [-0.1, -0.05) is 13.0 Å². The molecule has 0 spiro atoms. The SMILES string of the molecule is CCCN(CC(=O)O)Cc1ccc(-c2c(F)cccc2F)o1.